The number of carbonyl (C=O) groups excluding carboxylic acids is 1. The van der Waals surface area contributed by atoms with Gasteiger partial charge in [-0.25, -0.2) is 0 Å². The molecule has 1 aromatic carbocycles. The molecule has 3 aromatic rings. The number of halogens is 1. The summed E-state index contributed by atoms with van der Waals surface area (Å²) >= 11 is 6.09. The predicted octanol–water partition coefficient (Wildman–Crippen LogP) is 4.12. The van der Waals surface area contributed by atoms with Crippen molar-refractivity contribution in [3.63, 3.8) is 0 Å². The van der Waals surface area contributed by atoms with Crippen molar-refractivity contribution in [2.45, 2.75) is 37.8 Å². The van der Waals surface area contributed by atoms with Crippen LogP contribution in [-0.4, -0.2) is 33.0 Å². The first kappa shape index (κ1) is 20.1. The maximum absolute atomic E-state index is 13.4. The van der Waals surface area contributed by atoms with Crippen molar-refractivity contribution < 1.29 is 4.79 Å². The van der Waals surface area contributed by atoms with Crippen LogP contribution in [0, 0.1) is 5.92 Å². The highest BCUT2D eigenvalue weighted by molar-refractivity contribution is 6.30. The van der Waals surface area contributed by atoms with Gasteiger partial charge < -0.3 is 14.0 Å². The number of carbonyl (C=O) groups is 1. The second-order valence-electron chi connectivity index (χ2n) is 8.83. The summed E-state index contributed by atoms with van der Waals surface area (Å²) in [5.74, 6) is 0.847. The van der Waals surface area contributed by atoms with Crippen molar-refractivity contribution in [2.24, 2.45) is 5.92 Å². The van der Waals surface area contributed by atoms with Crippen LogP contribution in [0.5, 0.6) is 0 Å². The first-order valence-electron chi connectivity index (χ1n) is 10.9. The maximum atomic E-state index is 13.4. The molecule has 3 atom stereocenters. The van der Waals surface area contributed by atoms with Gasteiger partial charge in [-0.15, -0.1) is 0 Å². The Morgan fingerprint density at radius 3 is 2.55 bits per heavy atom. The number of aromatic nitrogens is 2. The van der Waals surface area contributed by atoms with E-state index in [0.29, 0.717) is 30.5 Å². The van der Waals surface area contributed by atoms with E-state index in [0.717, 1.165) is 30.8 Å². The molecule has 0 spiro atoms. The molecule has 1 saturated heterocycles. The minimum Gasteiger partial charge on any atom is -0.354 e. The molecule has 2 aliphatic heterocycles. The molecule has 0 saturated carbocycles. The van der Waals surface area contributed by atoms with Gasteiger partial charge in [-0.05, 0) is 48.2 Å². The van der Waals surface area contributed by atoms with E-state index in [1.54, 1.807) is 6.07 Å². The summed E-state index contributed by atoms with van der Waals surface area (Å²) in [6.07, 6.45) is 5.58. The number of pyridine rings is 1. The third-order valence-electron chi connectivity index (χ3n) is 6.69. The van der Waals surface area contributed by atoms with Gasteiger partial charge in [0.25, 0.3) is 5.56 Å². The standard InChI is InChI=1S/C25H26ClN3O2/c26-22-8-6-19(7-9-22)20(16-27-10-1-2-11-27)13-25(31)28-14-18-12-21(17-28)23-4-3-5-24(30)29(23)15-18/h1-11,18,20-21H,12-17H2/t18-,20+,21+/m0/s1. The van der Waals surface area contributed by atoms with Gasteiger partial charge in [-0.3, -0.25) is 9.59 Å². The fourth-order valence-electron chi connectivity index (χ4n) is 5.21. The van der Waals surface area contributed by atoms with E-state index in [9.17, 15) is 9.59 Å². The third-order valence-corrected chi connectivity index (χ3v) is 6.94. The highest BCUT2D eigenvalue weighted by atomic mass is 35.5. The Morgan fingerprint density at radius 1 is 1.00 bits per heavy atom. The normalized spacial score (nSPS) is 20.9. The predicted molar refractivity (Wildman–Crippen MR) is 121 cm³/mol. The lowest BCUT2D eigenvalue weighted by atomic mass is 9.82. The molecular weight excluding hydrogens is 410 g/mol. The van der Waals surface area contributed by atoms with Crippen molar-refractivity contribution in [3.05, 3.63) is 93.6 Å². The van der Waals surface area contributed by atoms with E-state index in [2.05, 4.69) is 4.57 Å². The lowest BCUT2D eigenvalue weighted by Crippen LogP contribution is -2.49. The Labute approximate surface area is 186 Å². The van der Waals surface area contributed by atoms with Gasteiger partial charge in [0.1, 0.15) is 0 Å². The van der Waals surface area contributed by atoms with Crippen LogP contribution in [0.15, 0.2) is 71.8 Å². The fraction of sp³-hybridized carbons (Fsp3) is 0.360. The number of hydrogen-bond donors (Lipinski definition) is 0. The first-order chi connectivity index (χ1) is 15.1. The number of amides is 1. The molecule has 5 rings (SSSR count). The number of piperidine rings is 1. The first-order valence-corrected chi connectivity index (χ1v) is 11.3. The Bertz CT molecular complexity index is 1120. The second-order valence-corrected chi connectivity index (χ2v) is 9.27. The Balaban J connectivity index is 1.35. The monoisotopic (exact) mass is 435 g/mol. The number of hydrogen-bond acceptors (Lipinski definition) is 2. The van der Waals surface area contributed by atoms with Gasteiger partial charge in [0.05, 0.1) is 0 Å². The number of fused-ring (bicyclic) bond motifs is 4. The Kier molecular flexibility index (Phi) is 5.45. The summed E-state index contributed by atoms with van der Waals surface area (Å²) in [5.41, 5.74) is 2.27. The summed E-state index contributed by atoms with van der Waals surface area (Å²) < 4.78 is 4.03. The molecule has 0 radical (unpaired) electrons. The zero-order valence-corrected chi connectivity index (χ0v) is 18.1. The quantitative estimate of drug-likeness (QED) is 0.605. The number of likely N-dealkylation sites (tertiary alicyclic amines) is 1. The number of rotatable bonds is 5. The molecule has 5 nitrogen and oxygen atoms in total. The highest BCUT2D eigenvalue weighted by Gasteiger charge is 2.36. The average molecular weight is 436 g/mol. The molecule has 2 bridgehead atoms. The summed E-state index contributed by atoms with van der Waals surface area (Å²) in [6, 6.07) is 17.4. The zero-order valence-electron chi connectivity index (χ0n) is 17.4. The van der Waals surface area contributed by atoms with E-state index >= 15 is 0 Å². The van der Waals surface area contributed by atoms with E-state index in [1.807, 2.05) is 70.4 Å². The van der Waals surface area contributed by atoms with Crippen molar-refractivity contribution in [1.82, 2.24) is 14.0 Å². The van der Waals surface area contributed by atoms with E-state index in [1.165, 1.54) is 0 Å². The van der Waals surface area contributed by atoms with Crippen LogP contribution < -0.4 is 5.56 Å². The lowest BCUT2D eigenvalue weighted by molar-refractivity contribution is -0.134. The van der Waals surface area contributed by atoms with Crippen LogP contribution in [0.1, 0.15) is 35.9 Å². The van der Waals surface area contributed by atoms with Gasteiger partial charge in [0, 0.05) is 73.6 Å². The minimum absolute atomic E-state index is 0.0708. The van der Waals surface area contributed by atoms with Gasteiger partial charge in [-0.1, -0.05) is 29.8 Å². The largest absolute Gasteiger partial charge is 0.354 e. The SMILES string of the molecule is O=C(C[C@H](Cn1cccc1)c1ccc(Cl)cc1)N1C[C@@H]2C[C@H](C1)c1cccc(=O)n1C2. The smallest absolute Gasteiger partial charge is 0.250 e. The van der Waals surface area contributed by atoms with Crippen LogP contribution in [0.4, 0.5) is 0 Å². The average Bonchev–Trinajstić information content (AvgIpc) is 3.28. The molecule has 2 aromatic heterocycles. The summed E-state index contributed by atoms with van der Waals surface area (Å²) in [4.78, 5) is 27.7. The fourth-order valence-corrected chi connectivity index (χ4v) is 5.34. The third kappa shape index (κ3) is 4.19. The van der Waals surface area contributed by atoms with Crippen LogP contribution in [0.25, 0.3) is 0 Å². The Hall–Kier alpha value is -2.79. The molecule has 0 unspecified atom stereocenters. The van der Waals surface area contributed by atoms with Crippen LogP contribution in [0.3, 0.4) is 0 Å². The topological polar surface area (TPSA) is 47.2 Å². The highest BCUT2D eigenvalue weighted by Crippen LogP contribution is 2.36. The molecule has 0 N–H and O–H groups in total. The van der Waals surface area contributed by atoms with Crippen molar-refractivity contribution in [2.75, 3.05) is 13.1 Å². The van der Waals surface area contributed by atoms with E-state index in [4.69, 9.17) is 11.6 Å². The minimum atomic E-state index is 0.0708. The van der Waals surface area contributed by atoms with Crippen molar-refractivity contribution in [3.8, 4) is 0 Å². The van der Waals surface area contributed by atoms with E-state index < -0.39 is 0 Å². The summed E-state index contributed by atoms with van der Waals surface area (Å²) in [5, 5.41) is 0.701. The number of benzene rings is 1. The van der Waals surface area contributed by atoms with Crippen molar-refractivity contribution in [1.29, 1.82) is 0 Å². The van der Waals surface area contributed by atoms with Crippen LogP contribution in [-0.2, 0) is 17.9 Å². The molecule has 6 heteroatoms. The van der Waals surface area contributed by atoms with E-state index in [-0.39, 0.29) is 23.3 Å². The molecule has 4 heterocycles. The van der Waals surface area contributed by atoms with Gasteiger partial charge >= 0.3 is 0 Å². The Morgan fingerprint density at radius 2 is 1.77 bits per heavy atom. The second kappa shape index (κ2) is 8.39. The summed E-state index contributed by atoms with van der Waals surface area (Å²) in [6.45, 7) is 2.88. The molecule has 2 aliphatic rings. The summed E-state index contributed by atoms with van der Waals surface area (Å²) in [7, 11) is 0. The molecule has 0 aliphatic carbocycles. The van der Waals surface area contributed by atoms with Gasteiger partial charge in [-0.2, -0.15) is 0 Å². The van der Waals surface area contributed by atoms with Crippen LogP contribution in [0.2, 0.25) is 5.02 Å². The van der Waals surface area contributed by atoms with Crippen molar-refractivity contribution >= 4 is 17.5 Å². The lowest BCUT2D eigenvalue weighted by Gasteiger charge is -2.43. The molecular formula is C25H26ClN3O2. The molecule has 160 valence electrons. The van der Waals surface area contributed by atoms with Gasteiger partial charge in [0.15, 0.2) is 0 Å². The number of nitrogens with zero attached hydrogens (tertiary/aromatic N) is 3. The van der Waals surface area contributed by atoms with Crippen LogP contribution >= 0.6 is 11.6 Å². The molecule has 31 heavy (non-hydrogen) atoms. The zero-order chi connectivity index (χ0) is 21.4. The molecule has 1 amide bonds. The van der Waals surface area contributed by atoms with Gasteiger partial charge in [0.2, 0.25) is 5.91 Å². The molecule has 1 fully saturated rings. The maximum Gasteiger partial charge on any atom is 0.250 e.